The van der Waals surface area contributed by atoms with Gasteiger partial charge in [-0.25, -0.2) is 0 Å². The number of hydrogen-bond donors (Lipinski definition) is 0. The third kappa shape index (κ3) is 6.14. The lowest BCUT2D eigenvalue weighted by Gasteiger charge is -2.11. The largest absolute Gasteiger partial charge is 0.457 e. The maximum atomic E-state index is 12.7. The van der Waals surface area contributed by atoms with Crippen LogP contribution in [-0.2, 0) is 10.1 Å². The predicted octanol–water partition coefficient (Wildman–Crippen LogP) is 7.83. The zero-order valence-corrected chi connectivity index (χ0v) is 22.0. The number of nitrogens with zero attached hydrogens (tertiary/aromatic N) is 1. The molecule has 172 valence electrons. The van der Waals surface area contributed by atoms with Crippen LogP contribution in [-0.4, -0.2) is 14.6 Å². The number of hydrogen-bond acceptors (Lipinski definition) is 5. The molecule has 0 bridgehead atoms. The minimum Gasteiger partial charge on any atom is -0.457 e. The van der Waals surface area contributed by atoms with Crippen LogP contribution in [0, 0.1) is 6.92 Å². The Morgan fingerprint density at radius 1 is 0.794 bits per heavy atom. The molecule has 8 heteroatoms. The molecule has 5 nitrogen and oxygen atoms in total. The molecule has 4 aromatic rings. The number of para-hydroxylation sites is 1. The van der Waals surface area contributed by atoms with E-state index >= 15 is 0 Å². The molecule has 0 aliphatic rings. The van der Waals surface area contributed by atoms with E-state index in [0.717, 1.165) is 22.6 Å². The van der Waals surface area contributed by atoms with Crippen molar-refractivity contribution in [2.24, 2.45) is 4.99 Å². The molecule has 0 saturated heterocycles. The summed E-state index contributed by atoms with van der Waals surface area (Å²) in [6.45, 7) is 1.89. The average Bonchev–Trinajstić information content (AvgIpc) is 2.82. The Kier molecular flexibility index (Phi) is 7.50. The summed E-state index contributed by atoms with van der Waals surface area (Å²) in [5.74, 6) is 1.65. The number of halogens is 2. The van der Waals surface area contributed by atoms with Crippen molar-refractivity contribution in [3.63, 3.8) is 0 Å². The highest BCUT2D eigenvalue weighted by molar-refractivity contribution is 9.11. The second kappa shape index (κ2) is 10.5. The smallest absolute Gasteiger partial charge is 0.339 e. The zero-order chi connectivity index (χ0) is 24.1. The summed E-state index contributed by atoms with van der Waals surface area (Å²) in [5.41, 5.74) is 2.46. The molecule has 0 amide bonds. The molecular formula is C26H19Br2NO4S. The maximum Gasteiger partial charge on any atom is 0.339 e. The number of aliphatic imine (C=N–C) groups is 1. The second-order valence-electron chi connectivity index (χ2n) is 7.33. The van der Waals surface area contributed by atoms with Crippen molar-refractivity contribution in [3.8, 4) is 17.2 Å². The molecule has 0 aliphatic heterocycles. The lowest BCUT2D eigenvalue weighted by molar-refractivity contribution is 0.482. The monoisotopic (exact) mass is 599 g/mol. The molecule has 4 rings (SSSR count). The van der Waals surface area contributed by atoms with E-state index < -0.39 is 10.1 Å². The van der Waals surface area contributed by atoms with Crippen molar-refractivity contribution in [2.75, 3.05) is 0 Å². The summed E-state index contributed by atoms with van der Waals surface area (Å²) < 4.78 is 37.4. The van der Waals surface area contributed by atoms with E-state index in [-0.39, 0.29) is 10.6 Å². The summed E-state index contributed by atoms with van der Waals surface area (Å²) in [7, 11) is -3.98. The molecule has 0 saturated carbocycles. The molecule has 0 radical (unpaired) electrons. The van der Waals surface area contributed by atoms with Crippen LogP contribution in [0.15, 0.2) is 110 Å². The minimum absolute atomic E-state index is 0.0854. The molecule has 0 fully saturated rings. The summed E-state index contributed by atoms with van der Waals surface area (Å²) >= 11 is 6.81. The van der Waals surface area contributed by atoms with Crippen LogP contribution in [0.25, 0.3) is 0 Å². The van der Waals surface area contributed by atoms with Crippen LogP contribution in [0.5, 0.6) is 17.2 Å². The van der Waals surface area contributed by atoms with Gasteiger partial charge in [0.15, 0.2) is 5.75 Å². The van der Waals surface area contributed by atoms with E-state index in [1.54, 1.807) is 30.5 Å². The van der Waals surface area contributed by atoms with Gasteiger partial charge < -0.3 is 8.92 Å². The average molecular weight is 601 g/mol. The number of rotatable bonds is 7. The predicted molar refractivity (Wildman–Crippen MR) is 141 cm³/mol. The summed E-state index contributed by atoms with van der Waals surface area (Å²) in [6.07, 6.45) is 1.68. The van der Waals surface area contributed by atoms with Crippen LogP contribution in [0.4, 0.5) is 5.69 Å². The van der Waals surface area contributed by atoms with E-state index in [4.69, 9.17) is 8.92 Å². The standard InChI is InChI=1S/C26H19Br2NO4S/c1-18-7-13-23(14-8-18)34(30,31)33-26-24(27)15-19(16-25(26)28)17-29-20-9-11-22(12-10-20)32-21-5-3-2-4-6-21/h2-17H,1H3. The van der Waals surface area contributed by atoms with Crippen LogP contribution in [0.1, 0.15) is 11.1 Å². The Bertz CT molecular complexity index is 1400. The van der Waals surface area contributed by atoms with Crippen molar-refractivity contribution in [1.29, 1.82) is 0 Å². The Morgan fingerprint density at radius 2 is 1.38 bits per heavy atom. The first-order valence-corrected chi connectivity index (χ1v) is 13.2. The molecule has 0 N–H and O–H groups in total. The fourth-order valence-corrected chi connectivity index (χ4v) is 5.53. The minimum atomic E-state index is -3.98. The topological polar surface area (TPSA) is 65.0 Å². The fraction of sp³-hybridized carbons (Fsp3) is 0.0385. The van der Waals surface area contributed by atoms with Gasteiger partial charge in [0.2, 0.25) is 0 Å². The van der Waals surface area contributed by atoms with E-state index in [2.05, 4.69) is 36.9 Å². The fourth-order valence-electron chi connectivity index (χ4n) is 2.97. The Labute approximate surface area is 215 Å². The Balaban J connectivity index is 1.48. The van der Waals surface area contributed by atoms with Gasteiger partial charge in [-0.2, -0.15) is 8.42 Å². The van der Waals surface area contributed by atoms with Crippen molar-refractivity contribution in [2.45, 2.75) is 11.8 Å². The normalized spacial score (nSPS) is 11.5. The lowest BCUT2D eigenvalue weighted by Crippen LogP contribution is -2.10. The number of aryl methyl sites for hydroxylation is 1. The molecular weight excluding hydrogens is 582 g/mol. The van der Waals surface area contributed by atoms with Gasteiger partial charge in [-0.3, -0.25) is 4.99 Å². The van der Waals surface area contributed by atoms with Crippen molar-refractivity contribution >= 4 is 53.9 Å². The quantitative estimate of drug-likeness (QED) is 0.160. The van der Waals surface area contributed by atoms with Crippen molar-refractivity contribution in [1.82, 2.24) is 0 Å². The first kappa shape index (κ1) is 24.2. The van der Waals surface area contributed by atoms with Gasteiger partial charge in [0.05, 0.1) is 14.6 Å². The lowest BCUT2D eigenvalue weighted by atomic mass is 10.2. The highest BCUT2D eigenvalue weighted by Gasteiger charge is 2.20. The molecule has 0 aromatic heterocycles. The second-order valence-corrected chi connectivity index (χ2v) is 10.6. The molecule has 34 heavy (non-hydrogen) atoms. The van der Waals surface area contributed by atoms with E-state index in [1.807, 2.05) is 61.5 Å². The van der Waals surface area contributed by atoms with Gasteiger partial charge in [0, 0.05) is 6.21 Å². The molecule has 4 aromatic carbocycles. The van der Waals surface area contributed by atoms with Crippen molar-refractivity contribution in [3.05, 3.63) is 111 Å². The van der Waals surface area contributed by atoms with Crippen LogP contribution < -0.4 is 8.92 Å². The van der Waals surface area contributed by atoms with E-state index in [9.17, 15) is 8.42 Å². The van der Waals surface area contributed by atoms with Gasteiger partial charge >= 0.3 is 10.1 Å². The molecule has 0 atom stereocenters. The van der Waals surface area contributed by atoms with Gasteiger partial charge in [0.1, 0.15) is 16.4 Å². The van der Waals surface area contributed by atoms with Crippen molar-refractivity contribution < 1.29 is 17.3 Å². The summed E-state index contributed by atoms with van der Waals surface area (Å²) in [4.78, 5) is 4.57. The number of benzene rings is 4. The molecule has 0 unspecified atom stereocenters. The van der Waals surface area contributed by atoms with E-state index in [0.29, 0.717) is 14.7 Å². The van der Waals surface area contributed by atoms with Crippen LogP contribution in [0.2, 0.25) is 0 Å². The molecule has 0 heterocycles. The van der Waals surface area contributed by atoms with E-state index in [1.165, 1.54) is 12.1 Å². The highest BCUT2D eigenvalue weighted by Crippen LogP contribution is 2.36. The Morgan fingerprint density at radius 3 is 2.00 bits per heavy atom. The molecule has 0 spiro atoms. The zero-order valence-electron chi connectivity index (χ0n) is 18.0. The summed E-state index contributed by atoms with van der Waals surface area (Å²) in [6, 6.07) is 26.9. The maximum absolute atomic E-state index is 12.7. The van der Waals surface area contributed by atoms with Gasteiger partial charge in [-0.05, 0) is 105 Å². The SMILES string of the molecule is Cc1ccc(S(=O)(=O)Oc2c(Br)cc(C=Nc3ccc(Oc4ccccc4)cc3)cc2Br)cc1. The first-order chi connectivity index (χ1) is 16.3. The molecule has 0 aliphatic carbocycles. The third-order valence-electron chi connectivity index (χ3n) is 4.70. The van der Waals surface area contributed by atoms with Gasteiger partial charge in [-0.15, -0.1) is 0 Å². The Hall–Kier alpha value is -2.94. The first-order valence-electron chi connectivity index (χ1n) is 10.2. The summed E-state index contributed by atoms with van der Waals surface area (Å²) in [5, 5.41) is 0. The van der Waals surface area contributed by atoms with Crippen LogP contribution in [0.3, 0.4) is 0 Å². The van der Waals surface area contributed by atoms with Crippen LogP contribution >= 0.6 is 31.9 Å². The highest BCUT2D eigenvalue weighted by atomic mass is 79.9. The van der Waals surface area contributed by atoms with Gasteiger partial charge in [0.25, 0.3) is 0 Å². The number of ether oxygens (including phenoxy) is 1. The van der Waals surface area contributed by atoms with Gasteiger partial charge in [-0.1, -0.05) is 35.9 Å². The third-order valence-corrected chi connectivity index (χ3v) is 7.12.